The van der Waals surface area contributed by atoms with E-state index >= 15 is 0 Å². The van der Waals surface area contributed by atoms with E-state index in [-0.39, 0.29) is 5.91 Å². The van der Waals surface area contributed by atoms with E-state index in [0.717, 1.165) is 13.0 Å². The number of hydrogen-bond donors (Lipinski definition) is 1. The minimum absolute atomic E-state index is 0.0405. The van der Waals surface area contributed by atoms with E-state index in [0.29, 0.717) is 0 Å². The van der Waals surface area contributed by atoms with Crippen molar-refractivity contribution in [1.82, 2.24) is 5.32 Å². The predicted molar refractivity (Wildman–Crippen MR) is 70.3 cm³/mol. The summed E-state index contributed by atoms with van der Waals surface area (Å²) in [4.78, 5) is 13.2. The van der Waals surface area contributed by atoms with Gasteiger partial charge in [0.25, 0.3) is 0 Å². The smallest absolute Gasteiger partial charge is 0.216 e. The summed E-state index contributed by atoms with van der Waals surface area (Å²) < 4.78 is 0. The molecule has 1 amide bonds. The van der Waals surface area contributed by atoms with Gasteiger partial charge in [-0.05, 0) is 37.0 Å². The van der Waals surface area contributed by atoms with Crippen LogP contribution in [0.2, 0.25) is 0 Å². The highest BCUT2D eigenvalue weighted by atomic mass is 16.1. The minimum Gasteiger partial charge on any atom is -0.372 e. The molecule has 0 aliphatic carbocycles. The van der Waals surface area contributed by atoms with E-state index in [1.54, 1.807) is 6.92 Å². The Bertz CT molecular complexity index is 366. The fourth-order valence-electron chi connectivity index (χ4n) is 2.23. The molecule has 0 radical (unpaired) electrons. The van der Waals surface area contributed by atoms with Crippen molar-refractivity contribution in [3.05, 3.63) is 29.8 Å². The Kier molecular flexibility index (Phi) is 4.02. The van der Waals surface area contributed by atoms with E-state index in [2.05, 4.69) is 34.5 Å². The first-order valence-electron chi connectivity index (χ1n) is 6.34. The third kappa shape index (κ3) is 3.48. The molecule has 1 aromatic rings. The lowest BCUT2D eigenvalue weighted by Crippen LogP contribution is -2.22. The lowest BCUT2D eigenvalue weighted by Gasteiger charge is -2.17. The van der Waals surface area contributed by atoms with Gasteiger partial charge >= 0.3 is 0 Å². The molecule has 0 unspecified atom stereocenters. The third-order valence-corrected chi connectivity index (χ3v) is 3.20. The molecule has 1 aliphatic heterocycles. The molecule has 1 aliphatic rings. The summed E-state index contributed by atoms with van der Waals surface area (Å²) in [7, 11) is 0. The van der Waals surface area contributed by atoms with Crippen LogP contribution in [-0.2, 0) is 11.2 Å². The van der Waals surface area contributed by atoms with Gasteiger partial charge in [-0.3, -0.25) is 4.79 Å². The number of hydrogen-bond acceptors (Lipinski definition) is 2. The maximum Gasteiger partial charge on any atom is 0.216 e. The van der Waals surface area contributed by atoms with Crippen LogP contribution in [0, 0.1) is 0 Å². The highest BCUT2D eigenvalue weighted by Crippen LogP contribution is 2.20. The van der Waals surface area contributed by atoms with Crippen molar-refractivity contribution in [2.24, 2.45) is 0 Å². The Balaban J connectivity index is 1.86. The first-order chi connectivity index (χ1) is 8.25. The molecule has 1 N–H and O–H groups in total. The lowest BCUT2D eigenvalue weighted by molar-refractivity contribution is -0.118. The van der Waals surface area contributed by atoms with Crippen molar-refractivity contribution in [2.75, 3.05) is 24.5 Å². The Morgan fingerprint density at radius 2 is 1.88 bits per heavy atom. The molecule has 0 aromatic heterocycles. The normalized spacial score (nSPS) is 15.0. The van der Waals surface area contributed by atoms with Crippen LogP contribution in [0.25, 0.3) is 0 Å². The summed E-state index contributed by atoms with van der Waals surface area (Å²) in [6, 6.07) is 8.70. The zero-order chi connectivity index (χ0) is 12.1. The van der Waals surface area contributed by atoms with Gasteiger partial charge in [0.1, 0.15) is 0 Å². The quantitative estimate of drug-likeness (QED) is 0.860. The Hall–Kier alpha value is -1.51. The van der Waals surface area contributed by atoms with Crippen LogP contribution in [-0.4, -0.2) is 25.5 Å². The van der Waals surface area contributed by atoms with E-state index in [1.165, 1.54) is 37.2 Å². The maximum absolute atomic E-state index is 10.7. The van der Waals surface area contributed by atoms with E-state index in [4.69, 9.17) is 0 Å². The fraction of sp³-hybridized carbons (Fsp3) is 0.500. The summed E-state index contributed by atoms with van der Waals surface area (Å²) in [5.74, 6) is 0.0405. The van der Waals surface area contributed by atoms with Crippen molar-refractivity contribution < 1.29 is 4.79 Å². The molecule has 1 heterocycles. The zero-order valence-electron chi connectivity index (χ0n) is 10.4. The van der Waals surface area contributed by atoms with Crippen molar-refractivity contribution in [2.45, 2.75) is 26.2 Å². The molecule has 1 aromatic carbocycles. The van der Waals surface area contributed by atoms with Crippen molar-refractivity contribution in [3.63, 3.8) is 0 Å². The van der Waals surface area contributed by atoms with Crippen LogP contribution < -0.4 is 10.2 Å². The minimum atomic E-state index is 0.0405. The maximum atomic E-state index is 10.7. The highest BCUT2D eigenvalue weighted by Gasteiger charge is 2.11. The molecule has 0 atom stereocenters. The molecule has 1 saturated heterocycles. The lowest BCUT2D eigenvalue weighted by atomic mass is 10.1. The molecule has 3 heteroatoms. The number of carbonyl (C=O) groups is 1. The number of benzene rings is 1. The summed E-state index contributed by atoms with van der Waals surface area (Å²) in [5, 5.41) is 2.81. The zero-order valence-corrected chi connectivity index (χ0v) is 10.4. The molecule has 0 spiro atoms. The van der Waals surface area contributed by atoms with Gasteiger partial charge in [-0.25, -0.2) is 0 Å². The number of nitrogens with zero attached hydrogens (tertiary/aromatic N) is 1. The van der Waals surface area contributed by atoms with Gasteiger partial charge in [-0.1, -0.05) is 12.1 Å². The molecule has 0 bridgehead atoms. The number of nitrogens with one attached hydrogen (secondary N) is 1. The Labute approximate surface area is 103 Å². The van der Waals surface area contributed by atoms with E-state index in [1.807, 2.05) is 0 Å². The number of carbonyl (C=O) groups excluding carboxylic acids is 1. The van der Waals surface area contributed by atoms with Gasteiger partial charge in [0, 0.05) is 32.2 Å². The molecule has 1 fully saturated rings. The summed E-state index contributed by atoms with van der Waals surface area (Å²) in [6.45, 7) is 4.64. The summed E-state index contributed by atoms with van der Waals surface area (Å²) in [6.07, 6.45) is 3.52. The van der Waals surface area contributed by atoms with Gasteiger partial charge in [0.05, 0.1) is 0 Å². The van der Waals surface area contributed by atoms with Crippen LogP contribution in [0.3, 0.4) is 0 Å². The SMILES string of the molecule is CC(=O)NCCc1ccc(N2CCCC2)cc1. The van der Waals surface area contributed by atoms with Gasteiger partial charge < -0.3 is 10.2 Å². The number of rotatable bonds is 4. The van der Waals surface area contributed by atoms with E-state index < -0.39 is 0 Å². The van der Waals surface area contributed by atoms with Crippen LogP contribution in [0.15, 0.2) is 24.3 Å². The molecule has 3 nitrogen and oxygen atoms in total. The van der Waals surface area contributed by atoms with Gasteiger partial charge in [0.2, 0.25) is 5.91 Å². The van der Waals surface area contributed by atoms with Crippen molar-refractivity contribution in [3.8, 4) is 0 Å². The van der Waals surface area contributed by atoms with Gasteiger partial charge in [0.15, 0.2) is 0 Å². The van der Waals surface area contributed by atoms with E-state index in [9.17, 15) is 4.79 Å². The molecule has 92 valence electrons. The second-order valence-corrected chi connectivity index (χ2v) is 4.59. The topological polar surface area (TPSA) is 32.3 Å². The largest absolute Gasteiger partial charge is 0.372 e. The van der Waals surface area contributed by atoms with Crippen molar-refractivity contribution >= 4 is 11.6 Å². The summed E-state index contributed by atoms with van der Waals surface area (Å²) >= 11 is 0. The first-order valence-corrected chi connectivity index (χ1v) is 6.34. The average Bonchev–Trinajstić information content (AvgIpc) is 2.83. The average molecular weight is 232 g/mol. The van der Waals surface area contributed by atoms with Gasteiger partial charge in [-0.15, -0.1) is 0 Å². The standard InChI is InChI=1S/C14H20N2O/c1-12(17)15-9-8-13-4-6-14(7-5-13)16-10-2-3-11-16/h4-7H,2-3,8-11H2,1H3,(H,15,17). The predicted octanol–water partition coefficient (Wildman–Crippen LogP) is 1.97. The molecular weight excluding hydrogens is 212 g/mol. The third-order valence-electron chi connectivity index (χ3n) is 3.20. The number of amides is 1. The first kappa shape index (κ1) is 12.0. The molecule has 2 rings (SSSR count). The second-order valence-electron chi connectivity index (χ2n) is 4.59. The molecule has 17 heavy (non-hydrogen) atoms. The van der Waals surface area contributed by atoms with Crippen LogP contribution >= 0.6 is 0 Å². The monoisotopic (exact) mass is 232 g/mol. The Morgan fingerprint density at radius 3 is 2.47 bits per heavy atom. The highest BCUT2D eigenvalue weighted by molar-refractivity contribution is 5.72. The van der Waals surface area contributed by atoms with Crippen LogP contribution in [0.5, 0.6) is 0 Å². The second kappa shape index (κ2) is 5.71. The number of anilines is 1. The Morgan fingerprint density at radius 1 is 1.24 bits per heavy atom. The fourth-order valence-corrected chi connectivity index (χ4v) is 2.23. The summed E-state index contributed by atoms with van der Waals surface area (Å²) in [5.41, 5.74) is 2.60. The molecule has 0 saturated carbocycles. The van der Waals surface area contributed by atoms with Crippen molar-refractivity contribution in [1.29, 1.82) is 0 Å². The molecular formula is C14H20N2O. The van der Waals surface area contributed by atoms with Gasteiger partial charge in [-0.2, -0.15) is 0 Å². The van der Waals surface area contributed by atoms with Crippen LogP contribution in [0.4, 0.5) is 5.69 Å². The van der Waals surface area contributed by atoms with Crippen LogP contribution in [0.1, 0.15) is 25.3 Å².